The lowest BCUT2D eigenvalue weighted by Gasteiger charge is -2.24. The SMILES string of the molecule is Cc1ccc([C@@H](C[N+](=O)[O-])[C@H](Sc2ccccc2)C(=O)c2nccn2-c2ccccc2)cc1. The van der Waals surface area contributed by atoms with Crippen LogP contribution < -0.4 is 0 Å². The van der Waals surface area contributed by atoms with Gasteiger partial charge >= 0.3 is 0 Å². The van der Waals surface area contributed by atoms with Crippen LogP contribution in [0.2, 0.25) is 0 Å². The lowest BCUT2D eigenvalue weighted by Crippen LogP contribution is -2.32. The number of benzene rings is 3. The number of hydrogen-bond acceptors (Lipinski definition) is 5. The summed E-state index contributed by atoms with van der Waals surface area (Å²) in [4.78, 5) is 30.5. The van der Waals surface area contributed by atoms with E-state index in [-0.39, 0.29) is 23.1 Å². The molecule has 0 spiro atoms. The number of Topliss-reactive ketones (excluding diaryl/α,β-unsaturated/α-hetero) is 1. The number of carbonyl (C=O) groups is 1. The molecular weight excluding hydrogens is 434 g/mol. The van der Waals surface area contributed by atoms with Gasteiger partial charge in [-0.05, 0) is 36.8 Å². The number of nitro groups is 1. The van der Waals surface area contributed by atoms with Crippen molar-refractivity contribution in [2.45, 2.75) is 23.0 Å². The van der Waals surface area contributed by atoms with Crippen LogP contribution in [0, 0.1) is 17.0 Å². The molecule has 0 aliphatic heterocycles. The Morgan fingerprint density at radius 2 is 1.64 bits per heavy atom. The molecule has 4 aromatic rings. The Morgan fingerprint density at radius 3 is 2.27 bits per heavy atom. The highest BCUT2D eigenvalue weighted by atomic mass is 32.2. The van der Waals surface area contributed by atoms with Crippen molar-refractivity contribution in [3.63, 3.8) is 0 Å². The van der Waals surface area contributed by atoms with Crippen molar-refractivity contribution in [2.24, 2.45) is 0 Å². The normalized spacial score (nSPS) is 12.8. The summed E-state index contributed by atoms with van der Waals surface area (Å²) in [5, 5.41) is 10.9. The van der Waals surface area contributed by atoms with Crippen molar-refractivity contribution < 1.29 is 9.72 Å². The highest BCUT2D eigenvalue weighted by Gasteiger charge is 2.37. The molecule has 0 saturated heterocycles. The van der Waals surface area contributed by atoms with Gasteiger partial charge in [0.15, 0.2) is 5.82 Å². The fraction of sp³-hybridized carbons (Fsp3) is 0.154. The molecule has 0 saturated carbocycles. The average Bonchev–Trinajstić information content (AvgIpc) is 3.33. The van der Waals surface area contributed by atoms with E-state index in [2.05, 4.69) is 4.98 Å². The molecule has 166 valence electrons. The van der Waals surface area contributed by atoms with E-state index in [0.29, 0.717) is 0 Å². The quantitative estimate of drug-likeness (QED) is 0.142. The molecule has 0 N–H and O–H groups in total. The highest BCUT2D eigenvalue weighted by Crippen LogP contribution is 2.36. The first-order valence-electron chi connectivity index (χ1n) is 10.6. The Labute approximate surface area is 196 Å². The Hall–Kier alpha value is -3.71. The second-order valence-electron chi connectivity index (χ2n) is 7.70. The predicted molar refractivity (Wildman–Crippen MR) is 130 cm³/mol. The molecule has 0 amide bonds. The Kier molecular flexibility index (Phi) is 7.00. The zero-order chi connectivity index (χ0) is 23.2. The van der Waals surface area contributed by atoms with Crippen LogP contribution in [0.1, 0.15) is 27.7 Å². The molecule has 7 heteroatoms. The van der Waals surface area contributed by atoms with Crippen LogP contribution in [0.4, 0.5) is 0 Å². The molecule has 0 bridgehead atoms. The third kappa shape index (κ3) is 5.38. The summed E-state index contributed by atoms with van der Waals surface area (Å²) in [6, 6.07) is 26.6. The van der Waals surface area contributed by atoms with Crippen molar-refractivity contribution in [2.75, 3.05) is 6.54 Å². The molecule has 3 aromatic carbocycles. The number of aromatic nitrogens is 2. The van der Waals surface area contributed by atoms with Crippen molar-refractivity contribution in [1.29, 1.82) is 0 Å². The Bertz CT molecular complexity index is 1220. The average molecular weight is 458 g/mol. The summed E-state index contributed by atoms with van der Waals surface area (Å²) in [6.45, 7) is 1.61. The number of aryl methyl sites for hydroxylation is 1. The van der Waals surface area contributed by atoms with Gasteiger partial charge in [-0.1, -0.05) is 66.2 Å². The molecule has 1 heterocycles. The molecule has 4 rings (SSSR count). The van der Waals surface area contributed by atoms with Gasteiger partial charge < -0.3 is 0 Å². The maximum atomic E-state index is 13.9. The van der Waals surface area contributed by atoms with Gasteiger partial charge in [0.1, 0.15) is 0 Å². The lowest BCUT2D eigenvalue weighted by atomic mass is 9.92. The van der Waals surface area contributed by atoms with Crippen LogP contribution >= 0.6 is 11.8 Å². The van der Waals surface area contributed by atoms with Crippen LogP contribution in [-0.2, 0) is 0 Å². The topological polar surface area (TPSA) is 78.0 Å². The van der Waals surface area contributed by atoms with Crippen molar-refractivity contribution in [1.82, 2.24) is 9.55 Å². The van der Waals surface area contributed by atoms with E-state index in [1.807, 2.05) is 91.9 Å². The fourth-order valence-electron chi connectivity index (χ4n) is 3.72. The van der Waals surface area contributed by atoms with E-state index in [1.165, 1.54) is 11.8 Å². The number of ketones is 1. The minimum atomic E-state index is -0.731. The smallest absolute Gasteiger partial charge is 0.212 e. The molecule has 0 radical (unpaired) electrons. The number of hydrogen-bond donors (Lipinski definition) is 0. The van der Waals surface area contributed by atoms with Gasteiger partial charge in [0.2, 0.25) is 12.3 Å². The number of thioether (sulfide) groups is 1. The lowest BCUT2D eigenvalue weighted by molar-refractivity contribution is -0.483. The first-order chi connectivity index (χ1) is 16.0. The minimum Gasteiger partial charge on any atom is -0.297 e. The second kappa shape index (κ2) is 10.3. The van der Waals surface area contributed by atoms with Crippen molar-refractivity contribution >= 4 is 17.5 Å². The molecular formula is C26H23N3O3S. The van der Waals surface area contributed by atoms with Crippen LogP contribution in [0.3, 0.4) is 0 Å². The summed E-state index contributed by atoms with van der Waals surface area (Å²) >= 11 is 1.34. The highest BCUT2D eigenvalue weighted by molar-refractivity contribution is 8.00. The van der Waals surface area contributed by atoms with E-state index in [9.17, 15) is 14.9 Å². The molecule has 0 unspecified atom stereocenters. The molecule has 33 heavy (non-hydrogen) atoms. The van der Waals surface area contributed by atoms with Crippen molar-refractivity contribution in [3.8, 4) is 5.69 Å². The first-order valence-corrected chi connectivity index (χ1v) is 11.4. The molecule has 2 atom stereocenters. The van der Waals surface area contributed by atoms with Gasteiger partial charge in [-0.15, -0.1) is 11.8 Å². The number of carbonyl (C=O) groups excluding carboxylic acids is 1. The second-order valence-corrected chi connectivity index (χ2v) is 8.92. The number of imidazole rings is 1. The molecule has 0 aliphatic rings. The Balaban J connectivity index is 1.79. The van der Waals surface area contributed by atoms with E-state index in [4.69, 9.17) is 0 Å². The third-order valence-electron chi connectivity index (χ3n) is 5.38. The van der Waals surface area contributed by atoms with E-state index >= 15 is 0 Å². The van der Waals surface area contributed by atoms with E-state index < -0.39 is 11.2 Å². The first kappa shape index (κ1) is 22.5. The maximum absolute atomic E-state index is 13.9. The van der Waals surface area contributed by atoms with Crippen molar-refractivity contribution in [3.05, 3.63) is 124 Å². The van der Waals surface area contributed by atoms with Crippen LogP contribution in [0.5, 0.6) is 0 Å². The zero-order valence-electron chi connectivity index (χ0n) is 18.1. The number of nitrogens with zero attached hydrogens (tertiary/aromatic N) is 3. The third-order valence-corrected chi connectivity index (χ3v) is 6.72. The van der Waals surface area contributed by atoms with Gasteiger partial charge in [0, 0.05) is 27.9 Å². The Morgan fingerprint density at radius 1 is 1.00 bits per heavy atom. The van der Waals surface area contributed by atoms with Gasteiger partial charge in [0.25, 0.3) is 0 Å². The van der Waals surface area contributed by atoms with Crippen LogP contribution in [-0.4, -0.2) is 32.1 Å². The van der Waals surface area contributed by atoms with E-state index in [0.717, 1.165) is 21.7 Å². The monoisotopic (exact) mass is 457 g/mol. The predicted octanol–water partition coefficient (Wildman–Crippen LogP) is 5.58. The summed E-state index contributed by atoms with van der Waals surface area (Å²) in [5.74, 6) is -0.612. The largest absolute Gasteiger partial charge is 0.297 e. The zero-order valence-corrected chi connectivity index (χ0v) is 18.9. The number of para-hydroxylation sites is 1. The molecule has 0 fully saturated rings. The molecule has 1 aromatic heterocycles. The molecule has 6 nitrogen and oxygen atoms in total. The summed E-state index contributed by atoms with van der Waals surface area (Å²) in [6.07, 6.45) is 3.32. The minimum absolute atomic E-state index is 0.245. The van der Waals surface area contributed by atoms with Gasteiger partial charge in [-0.25, -0.2) is 4.98 Å². The van der Waals surface area contributed by atoms with Crippen LogP contribution in [0.25, 0.3) is 5.69 Å². The van der Waals surface area contributed by atoms with E-state index in [1.54, 1.807) is 17.0 Å². The fourth-order valence-corrected chi connectivity index (χ4v) is 4.95. The summed E-state index contributed by atoms with van der Waals surface area (Å²) in [5.41, 5.74) is 2.62. The summed E-state index contributed by atoms with van der Waals surface area (Å²) < 4.78 is 1.74. The number of rotatable bonds is 9. The summed E-state index contributed by atoms with van der Waals surface area (Å²) in [7, 11) is 0. The standard InChI is InChI=1S/C26H23N3O3S/c1-19-12-14-20(15-13-19)23(18-29(31)32)25(33-22-10-6-3-7-11-22)24(30)26-27-16-17-28(26)21-8-4-2-5-9-21/h2-17,23,25H,18H2,1H3/t23-,25+/m1/s1. The van der Waals surface area contributed by atoms with Crippen LogP contribution in [0.15, 0.2) is 102 Å². The van der Waals surface area contributed by atoms with Gasteiger partial charge in [0.05, 0.1) is 11.2 Å². The molecule has 0 aliphatic carbocycles. The van der Waals surface area contributed by atoms with Gasteiger partial charge in [-0.2, -0.15) is 0 Å². The van der Waals surface area contributed by atoms with Gasteiger partial charge in [-0.3, -0.25) is 19.5 Å². The maximum Gasteiger partial charge on any atom is 0.212 e.